The normalized spacial score (nSPS) is 10.5. The van der Waals surface area contributed by atoms with Crippen LogP contribution in [0.4, 0.5) is 17.3 Å². The van der Waals surface area contributed by atoms with Gasteiger partial charge < -0.3 is 15.2 Å². The van der Waals surface area contributed by atoms with Crippen molar-refractivity contribution < 1.29 is 9.32 Å². The Balaban J connectivity index is 1.68. The van der Waals surface area contributed by atoms with E-state index in [1.807, 2.05) is 13.0 Å². The fourth-order valence-electron chi connectivity index (χ4n) is 1.93. The van der Waals surface area contributed by atoms with Crippen LogP contribution < -0.4 is 10.6 Å². The molecule has 0 radical (unpaired) electrons. The summed E-state index contributed by atoms with van der Waals surface area (Å²) in [7, 11) is 0. The topological polar surface area (TPSA) is 92.9 Å². The first kappa shape index (κ1) is 15.9. The lowest BCUT2D eigenvalue weighted by Gasteiger charge is -2.07. The van der Waals surface area contributed by atoms with Crippen molar-refractivity contribution in [2.45, 2.75) is 13.8 Å². The van der Waals surface area contributed by atoms with E-state index in [1.54, 1.807) is 25.1 Å². The van der Waals surface area contributed by atoms with Crippen molar-refractivity contribution in [3.8, 4) is 0 Å². The second kappa shape index (κ2) is 6.67. The van der Waals surface area contributed by atoms with Gasteiger partial charge in [0.15, 0.2) is 5.82 Å². The third-order valence-electron chi connectivity index (χ3n) is 3.20. The number of aromatic nitrogens is 3. The summed E-state index contributed by atoms with van der Waals surface area (Å²) in [5.41, 5.74) is 1.72. The fourth-order valence-corrected chi connectivity index (χ4v) is 2.11. The van der Waals surface area contributed by atoms with E-state index in [1.165, 1.54) is 12.4 Å². The molecule has 0 saturated heterocycles. The van der Waals surface area contributed by atoms with E-state index in [0.29, 0.717) is 28.1 Å². The van der Waals surface area contributed by atoms with Gasteiger partial charge in [-0.05, 0) is 31.5 Å². The zero-order valence-electron chi connectivity index (χ0n) is 13.0. The van der Waals surface area contributed by atoms with E-state index < -0.39 is 0 Å². The molecule has 122 valence electrons. The Morgan fingerprint density at radius 1 is 1.12 bits per heavy atom. The average molecular weight is 344 g/mol. The van der Waals surface area contributed by atoms with Gasteiger partial charge in [-0.2, -0.15) is 0 Å². The standard InChI is InChI=1S/C16H14ClN5O2/c1-9-3-4-11(6-12(9)17)20-16(23)13-7-19-15(8-18-13)21-14-5-10(2)24-22-14/h3-8H,1-2H3,(H,20,23)(H,19,21,22). The number of rotatable bonds is 4. The molecule has 0 fully saturated rings. The largest absolute Gasteiger partial charge is 0.360 e. The number of amides is 1. The van der Waals surface area contributed by atoms with Crippen LogP contribution in [0.1, 0.15) is 21.8 Å². The molecule has 3 aromatic rings. The third kappa shape index (κ3) is 3.69. The Bertz CT molecular complexity index is 876. The van der Waals surface area contributed by atoms with Crippen molar-refractivity contribution in [2.24, 2.45) is 0 Å². The first-order chi connectivity index (χ1) is 11.5. The number of benzene rings is 1. The molecule has 8 heteroatoms. The summed E-state index contributed by atoms with van der Waals surface area (Å²) >= 11 is 6.04. The smallest absolute Gasteiger partial charge is 0.275 e. The molecule has 1 aromatic carbocycles. The highest BCUT2D eigenvalue weighted by molar-refractivity contribution is 6.31. The van der Waals surface area contributed by atoms with Crippen molar-refractivity contribution in [1.82, 2.24) is 15.1 Å². The van der Waals surface area contributed by atoms with Crippen molar-refractivity contribution in [2.75, 3.05) is 10.6 Å². The maximum atomic E-state index is 12.2. The highest BCUT2D eigenvalue weighted by Crippen LogP contribution is 2.20. The number of carbonyl (C=O) groups is 1. The third-order valence-corrected chi connectivity index (χ3v) is 3.61. The lowest BCUT2D eigenvalue weighted by atomic mass is 10.2. The molecule has 2 N–H and O–H groups in total. The van der Waals surface area contributed by atoms with E-state index in [4.69, 9.17) is 16.1 Å². The van der Waals surface area contributed by atoms with Crippen LogP contribution in [0.25, 0.3) is 0 Å². The summed E-state index contributed by atoms with van der Waals surface area (Å²) in [5.74, 6) is 1.29. The van der Waals surface area contributed by atoms with Crippen molar-refractivity contribution in [1.29, 1.82) is 0 Å². The van der Waals surface area contributed by atoms with Gasteiger partial charge in [0, 0.05) is 16.8 Å². The Labute approximate surface area is 143 Å². The molecule has 24 heavy (non-hydrogen) atoms. The van der Waals surface area contributed by atoms with Gasteiger partial charge in [-0.15, -0.1) is 0 Å². The molecule has 7 nitrogen and oxygen atoms in total. The van der Waals surface area contributed by atoms with Gasteiger partial charge in [0.2, 0.25) is 0 Å². The number of carbonyl (C=O) groups excluding carboxylic acids is 1. The van der Waals surface area contributed by atoms with Crippen LogP contribution in [-0.2, 0) is 0 Å². The second-order valence-corrected chi connectivity index (χ2v) is 5.56. The lowest BCUT2D eigenvalue weighted by Crippen LogP contribution is -2.14. The van der Waals surface area contributed by atoms with Crippen LogP contribution >= 0.6 is 11.6 Å². The van der Waals surface area contributed by atoms with Crippen molar-refractivity contribution in [3.05, 3.63) is 58.7 Å². The monoisotopic (exact) mass is 343 g/mol. The molecule has 0 saturated carbocycles. The van der Waals surface area contributed by atoms with E-state index in [9.17, 15) is 4.79 Å². The first-order valence-corrected chi connectivity index (χ1v) is 7.49. The summed E-state index contributed by atoms with van der Waals surface area (Å²) in [6.07, 6.45) is 2.82. The highest BCUT2D eigenvalue weighted by atomic mass is 35.5. The van der Waals surface area contributed by atoms with Crippen LogP contribution in [-0.4, -0.2) is 21.0 Å². The average Bonchev–Trinajstić information content (AvgIpc) is 2.96. The molecule has 0 spiro atoms. The van der Waals surface area contributed by atoms with E-state index in [-0.39, 0.29) is 11.6 Å². The van der Waals surface area contributed by atoms with E-state index in [2.05, 4.69) is 25.8 Å². The van der Waals surface area contributed by atoms with Gasteiger partial charge in [-0.25, -0.2) is 9.97 Å². The van der Waals surface area contributed by atoms with Crippen molar-refractivity contribution >= 4 is 34.8 Å². The Morgan fingerprint density at radius 3 is 2.58 bits per heavy atom. The van der Waals surface area contributed by atoms with Crippen LogP contribution in [0.5, 0.6) is 0 Å². The molecule has 2 aromatic heterocycles. The first-order valence-electron chi connectivity index (χ1n) is 7.11. The van der Waals surface area contributed by atoms with E-state index >= 15 is 0 Å². The molecule has 0 bridgehead atoms. The van der Waals surface area contributed by atoms with Gasteiger partial charge in [0.25, 0.3) is 5.91 Å². The minimum absolute atomic E-state index is 0.189. The Kier molecular flexibility index (Phi) is 4.43. The second-order valence-electron chi connectivity index (χ2n) is 5.15. The summed E-state index contributed by atoms with van der Waals surface area (Å²) in [5, 5.41) is 10.0. The van der Waals surface area contributed by atoms with Gasteiger partial charge in [-0.1, -0.05) is 22.8 Å². The number of hydrogen-bond acceptors (Lipinski definition) is 6. The number of nitrogens with zero attached hydrogens (tertiary/aromatic N) is 3. The molecule has 1 amide bonds. The number of aryl methyl sites for hydroxylation is 2. The minimum atomic E-state index is -0.369. The van der Waals surface area contributed by atoms with Crippen LogP contribution in [0.2, 0.25) is 5.02 Å². The number of hydrogen-bond donors (Lipinski definition) is 2. The van der Waals surface area contributed by atoms with Crippen LogP contribution in [0, 0.1) is 13.8 Å². The molecule has 0 aliphatic heterocycles. The maximum Gasteiger partial charge on any atom is 0.275 e. The van der Waals surface area contributed by atoms with Gasteiger partial charge in [0.05, 0.1) is 12.4 Å². The molecule has 0 unspecified atom stereocenters. The lowest BCUT2D eigenvalue weighted by molar-refractivity contribution is 0.102. The van der Waals surface area contributed by atoms with Crippen molar-refractivity contribution in [3.63, 3.8) is 0 Å². The molecule has 0 atom stereocenters. The van der Waals surface area contributed by atoms with Crippen LogP contribution in [0.3, 0.4) is 0 Å². The molecular formula is C16H14ClN5O2. The Hall–Kier alpha value is -2.93. The number of anilines is 3. The summed E-state index contributed by atoms with van der Waals surface area (Å²) < 4.78 is 4.95. The van der Waals surface area contributed by atoms with E-state index in [0.717, 1.165) is 5.56 Å². The fraction of sp³-hybridized carbons (Fsp3) is 0.125. The number of halogens is 1. The minimum Gasteiger partial charge on any atom is -0.360 e. The predicted octanol–water partition coefficient (Wildman–Crippen LogP) is 3.73. The summed E-state index contributed by atoms with van der Waals surface area (Å²) in [4.78, 5) is 20.4. The predicted molar refractivity (Wildman–Crippen MR) is 90.7 cm³/mol. The summed E-state index contributed by atoms with van der Waals surface area (Å²) in [6.45, 7) is 3.68. The quantitative estimate of drug-likeness (QED) is 0.749. The maximum absolute atomic E-state index is 12.2. The SMILES string of the molecule is Cc1cc(Nc2cnc(C(=O)Nc3ccc(C)c(Cl)c3)cn2)no1. The Morgan fingerprint density at radius 2 is 1.96 bits per heavy atom. The molecule has 2 heterocycles. The van der Waals surface area contributed by atoms with Gasteiger partial charge >= 0.3 is 0 Å². The van der Waals surface area contributed by atoms with Gasteiger partial charge in [-0.3, -0.25) is 4.79 Å². The zero-order chi connectivity index (χ0) is 17.1. The zero-order valence-corrected chi connectivity index (χ0v) is 13.8. The van der Waals surface area contributed by atoms with Crippen LogP contribution in [0.15, 0.2) is 41.2 Å². The molecule has 3 rings (SSSR count). The highest BCUT2D eigenvalue weighted by Gasteiger charge is 2.10. The van der Waals surface area contributed by atoms with Gasteiger partial charge in [0.1, 0.15) is 17.3 Å². The summed E-state index contributed by atoms with van der Waals surface area (Å²) in [6, 6.07) is 7.01. The number of nitrogens with one attached hydrogen (secondary N) is 2. The molecular weight excluding hydrogens is 330 g/mol. The molecule has 0 aliphatic carbocycles. The molecule has 0 aliphatic rings.